The van der Waals surface area contributed by atoms with Crippen LogP contribution in [0.4, 0.5) is 0 Å². The Morgan fingerprint density at radius 2 is 2.16 bits per heavy atom. The third kappa shape index (κ3) is 4.18. The summed E-state index contributed by atoms with van der Waals surface area (Å²) in [7, 11) is 0. The van der Waals surface area contributed by atoms with E-state index in [2.05, 4.69) is 20.0 Å². The van der Waals surface area contributed by atoms with E-state index in [-0.39, 0.29) is 18.5 Å². The molecule has 0 saturated heterocycles. The van der Waals surface area contributed by atoms with Gasteiger partial charge in [0.2, 0.25) is 12.3 Å². The Hall–Kier alpha value is -2.21. The third-order valence-corrected chi connectivity index (χ3v) is 2.76. The quantitative estimate of drug-likeness (QED) is 0.813. The molecule has 0 saturated carbocycles. The first-order valence-corrected chi connectivity index (χ1v) is 6.08. The fourth-order valence-electron chi connectivity index (χ4n) is 1.69. The zero-order valence-corrected chi connectivity index (χ0v) is 10.5. The van der Waals surface area contributed by atoms with Crippen molar-refractivity contribution in [2.75, 3.05) is 0 Å². The minimum absolute atomic E-state index is 0.0730. The molecule has 1 aromatic carbocycles. The van der Waals surface area contributed by atoms with Gasteiger partial charge in [0.1, 0.15) is 0 Å². The molecule has 2 rings (SSSR count). The predicted octanol–water partition coefficient (Wildman–Crippen LogP) is 1.17. The van der Waals surface area contributed by atoms with Gasteiger partial charge in [-0.05, 0) is 12.0 Å². The summed E-state index contributed by atoms with van der Waals surface area (Å²) in [5.74, 6) is 0.386. The topological polar surface area (TPSA) is 94.0 Å². The van der Waals surface area contributed by atoms with Crippen LogP contribution in [-0.2, 0) is 11.3 Å². The molecule has 0 aliphatic carbocycles. The molecular weight excluding hydrogens is 244 g/mol. The van der Waals surface area contributed by atoms with E-state index in [0.717, 1.165) is 5.56 Å². The van der Waals surface area contributed by atoms with Gasteiger partial charge in [-0.15, -0.1) is 0 Å². The first-order chi connectivity index (χ1) is 9.25. The molecule has 1 amide bonds. The highest BCUT2D eigenvalue weighted by Crippen LogP contribution is 2.14. The summed E-state index contributed by atoms with van der Waals surface area (Å²) in [6, 6.07) is 9.60. The zero-order valence-electron chi connectivity index (χ0n) is 10.5. The fourth-order valence-corrected chi connectivity index (χ4v) is 1.69. The monoisotopic (exact) mass is 260 g/mol. The molecule has 3 N–H and O–H groups in total. The van der Waals surface area contributed by atoms with Gasteiger partial charge < -0.3 is 15.6 Å². The van der Waals surface area contributed by atoms with Crippen molar-refractivity contribution < 1.29 is 9.32 Å². The summed E-state index contributed by atoms with van der Waals surface area (Å²) in [5.41, 5.74) is 7.05. The van der Waals surface area contributed by atoms with E-state index in [1.165, 1.54) is 6.39 Å². The maximum atomic E-state index is 11.6. The highest BCUT2D eigenvalue weighted by atomic mass is 16.5. The maximum absolute atomic E-state index is 11.6. The molecule has 1 heterocycles. The number of carbonyl (C=O) groups excluding carboxylic acids is 1. The number of benzene rings is 1. The molecule has 19 heavy (non-hydrogen) atoms. The molecule has 1 atom stereocenters. The number of nitrogens with one attached hydrogen (secondary N) is 1. The van der Waals surface area contributed by atoms with Gasteiger partial charge in [-0.25, -0.2) is 0 Å². The molecular formula is C13H16N4O2. The average molecular weight is 260 g/mol. The largest absolute Gasteiger partial charge is 0.349 e. The van der Waals surface area contributed by atoms with E-state index < -0.39 is 0 Å². The van der Waals surface area contributed by atoms with E-state index in [1.807, 2.05) is 30.3 Å². The Kier molecular flexibility index (Phi) is 4.63. The van der Waals surface area contributed by atoms with Crippen LogP contribution in [-0.4, -0.2) is 16.0 Å². The zero-order chi connectivity index (χ0) is 13.5. The normalized spacial score (nSPS) is 12.1. The highest BCUT2D eigenvalue weighted by molar-refractivity contribution is 5.75. The number of carbonyl (C=O) groups is 1. The molecule has 0 radical (unpaired) electrons. The smallest absolute Gasteiger partial charge is 0.220 e. The standard InChI is InChI=1S/C13H16N4O2/c14-11(10-4-2-1-3-5-10)6-7-13(18)15-8-12-16-9-19-17-12/h1-5,9,11H,6-8,14H2,(H,15,18). The van der Waals surface area contributed by atoms with Crippen molar-refractivity contribution in [1.82, 2.24) is 15.5 Å². The Morgan fingerprint density at radius 1 is 1.37 bits per heavy atom. The second-order valence-corrected chi connectivity index (χ2v) is 4.18. The number of nitrogens with two attached hydrogens (primary N) is 1. The van der Waals surface area contributed by atoms with Crippen molar-refractivity contribution in [1.29, 1.82) is 0 Å². The van der Waals surface area contributed by atoms with Crippen molar-refractivity contribution in [3.63, 3.8) is 0 Å². The number of nitrogens with zero attached hydrogens (tertiary/aromatic N) is 2. The maximum Gasteiger partial charge on any atom is 0.220 e. The molecule has 0 aliphatic rings. The molecule has 100 valence electrons. The molecule has 6 heteroatoms. The summed E-state index contributed by atoms with van der Waals surface area (Å²) in [5, 5.41) is 6.32. The molecule has 1 aromatic heterocycles. The van der Waals surface area contributed by atoms with Crippen LogP contribution < -0.4 is 11.1 Å². The van der Waals surface area contributed by atoms with Gasteiger partial charge in [0, 0.05) is 12.5 Å². The lowest BCUT2D eigenvalue weighted by Crippen LogP contribution is -2.24. The van der Waals surface area contributed by atoms with E-state index >= 15 is 0 Å². The summed E-state index contributed by atoms with van der Waals surface area (Å²) >= 11 is 0. The van der Waals surface area contributed by atoms with Crippen LogP contribution in [0.15, 0.2) is 41.2 Å². The number of hydrogen-bond donors (Lipinski definition) is 2. The molecule has 6 nitrogen and oxygen atoms in total. The van der Waals surface area contributed by atoms with E-state index in [9.17, 15) is 4.79 Å². The van der Waals surface area contributed by atoms with Crippen LogP contribution in [0.1, 0.15) is 30.3 Å². The molecule has 2 aromatic rings. The van der Waals surface area contributed by atoms with Crippen LogP contribution in [0.25, 0.3) is 0 Å². The Bertz CT molecular complexity index is 499. The Morgan fingerprint density at radius 3 is 2.84 bits per heavy atom. The Balaban J connectivity index is 1.71. The lowest BCUT2D eigenvalue weighted by atomic mass is 10.0. The predicted molar refractivity (Wildman–Crippen MR) is 68.7 cm³/mol. The van der Waals surface area contributed by atoms with Crippen molar-refractivity contribution in [3.05, 3.63) is 48.1 Å². The minimum atomic E-state index is -0.128. The molecule has 0 bridgehead atoms. The number of rotatable bonds is 6. The van der Waals surface area contributed by atoms with Crippen molar-refractivity contribution in [3.8, 4) is 0 Å². The molecule has 0 aliphatic heterocycles. The number of amides is 1. The first kappa shape index (κ1) is 13.2. The summed E-state index contributed by atoms with van der Waals surface area (Å²) in [6.07, 6.45) is 2.20. The van der Waals surface area contributed by atoms with Gasteiger partial charge in [-0.2, -0.15) is 4.98 Å². The van der Waals surface area contributed by atoms with E-state index in [4.69, 9.17) is 5.73 Å². The molecule has 0 fully saturated rings. The number of aromatic nitrogens is 2. The summed E-state index contributed by atoms with van der Waals surface area (Å²) in [6.45, 7) is 0.274. The second kappa shape index (κ2) is 6.65. The van der Waals surface area contributed by atoms with Gasteiger partial charge in [0.05, 0.1) is 6.54 Å². The number of hydrogen-bond acceptors (Lipinski definition) is 5. The average Bonchev–Trinajstić information content (AvgIpc) is 2.96. The molecule has 1 unspecified atom stereocenters. The van der Waals surface area contributed by atoms with Crippen molar-refractivity contribution in [2.45, 2.75) is 25.4 Å². The second-order valence-electron chi connectivity index (χ2n) is 4.18. The third-order valence-electron chi connectivity index (χ3n) is 2.76. The van der Waals surface area contributed by atoms with Crippen LogP contribution in [0.3, 0.4) is 0 Å². The van der Waals surface area contributed by atoms with Gasteiger partial charge in [0.25, 0.3) is 0 Å². The van der Waals surface area contributed by atoms with Gasteiger partial charge in [0.15, 0.2) is 5.82 Å². The van der Waals surface area contributed by atoms with Gasteiger partial charge in [-0.1, -0.05) is 35.5 Å². The van der Waals surface area contributed by atoms with Crippen LogP contribution in [0.2, 0.25) is 0 Å². The van der Waals surface area contributed by atoms with Crippen molar-refractivity contribution >= 4 is 5.91 Å². The van der Waals surface area contributed by atoms with E-state index in [1.54, 1.807) is 0 Å². The molecule has 0 spiro atoms. The lowest BCUT2D eigenvalue weighted by molar-refractivity contribution is -0.121. The minimum Gasteiger partial charge on any atom is -0.349 e. The summed E-state index contributed by atoms with van der Waals surface area (Å²) < 4.78 is 4.57. The van der Waals surface area contributed by atoms with Crippen molar-refractivity contribution in [2.24, 2.45) is 5.73 Å². The summed E-state index contributed by atoms with van der Waals surface area (Å²) in [4.78, 5) is 15.4. The lowest BCUT2D eigenvalue weighted by Gasteiger charge is -2.11. The van der Waals surface area contributed by atoms with Gasteiger partial charge in [-0.3, -0.25) is 4.79 Å². The van der Waals surface area contributed by atoms with Crippen LogP contribution in [0, 0.1) is 0 Å². The van der Waals surface area contributed by atoms with Gasteiger partial charge >= 0.3 is 0 Å². The first-order valence-electron chi connectivity index (χ1n) is 6.08. The highest BCUT2D eigenvalue weighted by Gasteiger charge is 2.09. The van der Waals surface area contributed by atoms with Crippen LogP contribution in [0.5, 0.6) is 0 Å². The SMILES string of the molecule is NC(CCC(=O)NCc1ncon1)c1ccccc1. The Labute approximate surface area is 111 Å². The van der Waals surface area contributed by atoms with Crippen LogP contribution >= 0.6 is 0 Å². The van der Waals surface area contributed by atoms with E-state index in [0.29, 0.717) is 18.7 Å². The fraction of sp³-hybridized carbons (Fsp3) is 0.308.